The van der Waals surface area contributed by atoms with E-state index in [1.54, 1.807) is 0 Å². The van der Waals surface area contributed by atoms with Crippen LogP contribution in [0.5, 0.6) is 5.75 Å². The van der Waals surface area contributed by atoms with Crippen LogP contribution in [0.4, 0.5) is 13.2 Å². The molecule has 1 aromatic carbocycles. The van der Waals surface area contributed by atoms with E-state index in [9.17, 15) is 13.2 Å². The number of benzene rings is 1. The summed E-state index contributed by atoms with van der Waals surface area (Å²) in [6.45, 7) is 3.54. The average molecular weight is 245 g/mol. The highest BCUT2D eigenvalue weighted by molar-refractivity contribution is 5.29. The van der Waals surface area contributed by atoms with E-state index < -0.39 is 11.7 Å². The number of rotatable bonds is 2. The first-order valence-corrected chi connectivity index (χ1v) is 5.46. The molecular weight excluding hydrogens is 231 g/mol. The van der Waals surface area contributed by atoms with Crippen molar-refractivity contribution in [3.05, 3.63) is 29.8 Å². The summed E-state index contributed by atoms with van der Waals surface area (Å²) >= 11 is 0. The van der Waals surface area contributed by atoms with E-state index in [1.807, 2.05) is 6.92 Å². The van der Waals surface area contributed by atoms with Crippen molar-refractivity contribution in [2.24, 2.45) is 0 Å². The number of alkyl halides is 3. The second-order valence-corrected chi connectivity index (χ2v) is 4.50. The fourth-order valence-corrected chi connectivity index (χ4v) is 1.88. The first-order valence-electron chi connectivity index (χ1n) is 5.46. The highest BCUT2D eigenvalue weighted by atomic mass is 19.4. The van der Waals surface area contributed by atoms with Gasteiger partial charge in [0.1, 0.15) is 11.4 Å². The molecule has 1 aromatic rings. The van der Waals surface area contributed by atoms with Crippen molar-refractivity contribution in [3.8, 4) is 5.75 Å². The number of ether oxygens (including phenoxy) is 1. The Kier molecular flexibility index (Phi) is 3.03. The van der Waals surface area contributed by atoms with E-state index in [2.05, 4.69) is 5.32 Å². The Morgan fingerprint density at radius 2 is 1.88 bits per heavy atom. The van der Waals surface area contributed by atoms with Crippen LogP contribution < -0.4 is 10.1 Å². The van der Waals surface area contributed by atoms with E-state index in [4.69, 9.17) is 4.74 Å². The number of halogens is 3. The fourth-order valence-electron chi connectivity index (χ4n) is 1.88. The Morgan fingerprint density at radius 3 is 2.35 bits per heavy atom. The van der Waals surface area contributed by atoms with Crippen LogP contribution in [0.25, 0.3) is 0 Å². The Balaban J connectivity index is 2.08. The third-order valence-electron chi connectivity index (χ3n) is 2.88. The molecule has 94 valence electrons. The molecule has 0 spiro atoms. The summed E-state index contributed by atoms with van der Waals surface area (Å²) in [5.74, 6) is 0.476. The molecule has 2 rings (SSSR count). The highest BCUT2D eigenvalue weighted by Gasteiger charge is 2.32. The zero-order valence-electron chi connectivity index (χ0n) is 9.47. The van der Waals surface area contributed by atoms with Gasteiger partial charge in [-0.3, -0.25) is 0 Å². The third-order valence-corrected chi connectivity index (χ3v) is 2.88. The molecule has 0 radical (unpaired) electrons. The van der Waals surface area contributed by atoms with Gasteiger partial charge in [-0.15, -0.1) is 0 Å². The molecule has 1 heterocycles. The number of hydrogen-bond donors (Lipinski definition) is 1. The molecule has 2 nitrogen and oxygen atoms in total. The van der Waals surface area contributed by atoms with Crippen LogP contribution in [0.1, 0.15) is 18.9 Å². The van der Waals surface area contributed by atoms with Gasteiger partial charge in [0.25, 0.3) is 0 Å². The molecule has 0 bridgehead atoms. The maximum absolute atomic E-state index is 12.3. The second kappa shape index (κ2) is 4.22. The standard InChI is InChI=1S/C12H14F3NO/c1-11(6-7-16-8-11)17-10-4-2-9(3-5-10)12(13,14)15/h2-5,16H,6-8H2,1H3. The summed E-state index contributed by atoms with van der Waals surface area (Å²) in [5, 5.41) is 3.16. The lowest BCUT2D eigenvalue weighted by atomic mass is 10.1. The van der Waals surface area contributed by atoms with Gasteiger partial charge >= 0.3 is 6.18 Å². The molecule has 1 aliphatic heterocycles. The Morgan fingerprint density at radius 1 is 1.24 bits per heavy atom. The molecule has 5 heteroatoms. The Bertz CT molecular complexity index is 380. The smallest absolute Gasteiger partial charge is 0.416 e. The van der Waals surface area contributed by atoms with Gasteiger partial charge in [0, 0.05) is 13.0 Å². The molecule has 1 N–H and O–H groups in total. The van der Waals surface area contributed by atoms with E-state index >= 15 is 0 Å². The second-order valence-electron chi connectivity index (χ2n) is 4.50. The number of hydrogen-bond acceptors (Lipinski definition) is 2. The van der Waals surface area contributed by atoms with Crippen molar-refractivity contribution >= 4 is 0 Å². The Labute approximate surface area is 97.8 Å². The summed E-state index contributed by atoms with van der Waals surface area (Å²) in [5.41, 5.74) is -0.973. The molecule has 1 aliphatic rings. The van der Waals surface area contributed by atoms with Gasteiger partial charge in [0.2, 0.25) is 0 Å². The van der Waals surface area contributed by atoms with E-state index in [1.165, 1.54) is 12.1 Å². The lowest BCUT2D eigenvalue weighted by molar-refractivity contribution is -0.137. The Hall–Kier alpha value is -1.23. The van der Waals surface area contributed by atoms with E-state index in [-0.39, 0.29) is 5.60 Å². The lowest BCUT2D eigenvalue weighted by Crippen LogP contribution is -2.34. The van der Waals surface area contributed by atoms with Gasteiger partial charge < -0.3 is 10.1 Å². The summed E-state index contributed by atoms with van der Waals surface area (Å²) in [4.78, 5) is 0. The molecule has 17 heavy (non-hydrogen) atoms. The van der Waals surface area contributed by atoms with Crippen LogP contribution in [-0.4, -0.2) is 18.7 Å². The van der Waals surface area contributed by atoms with Gasteiger partial charge in [-0.1, -0.05) is 0 Å². The lowest BCUT2D eigenvalue weighted by Gasteiger charge is -2.25. The van der Waals surface area contributed by atoms with Gasteiger partial charge in [0.15, 0.2) is 0 Å². The monoisotopic (exact) mass is 245 g/mol. The number of nitrogens with one attached hydrogen (secondary N) is 1. The van der Waals surface area contributed by atoms with Crippen molar-refractivity contribution in [3.63, 3.8) is 0 Å². The largest absolute Gasteiger partial charge is 0.486 e. The zero-order valence-corrected chi connectivity index (χ0v) is 9.47. The predicted molar refractivity (Wildman–Crippen MR) is 58.0 cm³/mol. The quantitative estimate of drug-likeness (QED) is 0.865. The minimum Gasteiger partial charge on any atom is -0.486 e. The highest BCUT2D eigenvalue weighted by Crippen LogP contribution is 2.31. The predicted octanol–water partition coefficient (Wildman–Crippen LogP) is 2.84. The third kappa shape index (κ3) is 2.91. The molecule has 0 aliphatic carbocycles. The first kappa shape index (κ1) is 12.2. The van der Waals surface area contributed by atoms with Crippen molar-refractivity contribution in [1.82, 2.24) is 5.32 Å². The molecule has 0 amide bonds. The van der Waals surface area contributed by atoms with E-state index in [0.717, 1.165) is 25.1 Å². The van der Waals surface area contributed by atoms with Crippen molar-refractivity contribution in [1.29, 1.82) is 0 Å². The summed E-state index contributed by atoms with van der Waals surface area (Å²) < 4.78 is 42.7. The minimum atomic E-state index is -4.29. The molecule has 1 fully saturated rings. The van der Waals surface area contributed by atoms with Crippen LogP contribution in [0.2, 0.25) is 0 Å². The van der Waals surface area contributed by atoms with Crippen LogP contribution in [-0.2, 0) is 6.18 Å². The molecule has 0 saturated carbocycles. The van der Waals surface area contributed by atoms with Crippen molar-refractivity contribution in [2.75, 3.05) is 13.1 Å². The maximum atomic E-state index is 12.3. The molecule has 0 aromatic heterocycles. The van der Waals surface area contributed by atoms with Crippen molar-refractivity contribution < 1.29 is 17.9 Å². The van der Waals surface area contributed by atoms with Gasteiger partial charge in [0.05, 0.1) is 5.56 Å². The average Bonchev–Trinajstić information content (AvgIpc) is 2.64. The molecule has 1 unspecified atom stereocenters. The topological polar surface area (TPSA) is 21.3 Å². The normalized spacial score (nSPS) is 24.9. The minimum absolute atomic E-state index is 0.320. The molecular formula is C12H14F3NO. The van der Waals surface area contributed by atoms with Crippen LogP contribution in [0, 0.1) is 0 Å². The van der Waals surface area contributed by atoms with Crippen LogP contribution >= 0.6 is 0 Å². The maximum Gasteiger partial charge on any atom is 0.416 e. The summed E-state index contributed by atoms with van der Waals surface area (Å²) in [6, 6.07) is 4.82. The first-order chi connectivity index (χ1) is 7.89. The molecule has 1 saturated heterocycles. The summed E-state index contributed by atoms with van der Waals surface area (Å²) in [6.07, 6.45) is -3.44. The van der Waals surface area contributed by atoms with Gasteiger partial charge in [-0.05, 0) is 37.7 Å². The molecule has 1 atom stereocenters. The van der Waals surface area contributed by atoms with E-state index in [0.29, 0.717) is 12.3 Å². The summed E-state index contributed by atoms with van der Waals surface area (Å²) in [7, 11) is 0. The SMILES string of the molecule is CC1(Oc2ccc(C(F)(F)F)cc2)CCNC1. The van der Waals surface area contributed by atoms with Crippen molar-refractivity contribution in [2.45, 2.75) is 25.1 Å². The van der Waals surface area contributed by atoms with Gasteiger partial charge in [-0.25, -0.2) is 0 Å². The van der Waals surface area contributed by atoms with Gasteiger partial charge in [-0.2, -0.15) is 13.2 Å². The fraction of sp³-hybridized carbons (Fsp3) is 0.500. The van der Waals surface area contributed by atoms with Crippen LogP contribution in [0.3, 0.4) is 0 Å². The zero-order chi connectivity index (χ0) is 12.5. The van der Waals surface area contributed by atoms with Crippen LogP contribution in [0.15, 0.2) is 24.3 Å².